The van der Waals surface area contributed by atoms with Crippen molar-refractivity contribution in [3.8, 4) is 5.88 Å². The summed E-state index contributed by atoms with van der Waals surface area (Å²) in [4.78, 5) is 6.84. The summed E-state index contributed by atoms with van der Waals surface area (Å²) in [5, 5.41) is 3.39. The van der Waals surface area contributed by atoms with Crippen LogP contribution in [0.4, 0.5) is 11.5 Å². The monoisotopic (exact) mass is 292 g/mol. The van der Waals surface area contributed by atoms with Gasteiger partial charge in [0.15, 0.2) is 0 Å². The van der Waals surface area contributed by atoms with Crippen LogP contribution in [-0.4, -0.2) is 43.2 Å². The largest absolute Gasteiger partial charge is 0.476 e. The minimum atomic E-state index is 0.543. The van der Waals surface area contributed by atoms with Crippen LogP contribution in [-0.2, 0) is 0 Å². The molecule has 1 aliphatic heterocycles. The van der Waals surface area contributed by atoms with Gasteiger partial charge in [-0.1, -0.05) is 6.92 Å². The van der Waals surface area contributed by atoms with Gasteiger partial charge < -0.3 is 20.7 Å². The zero-order valence-electron chi connectivity index (χ0n) is 13.3. The first-order chi connectivity index (χ1) is 10.2. The lowest BCUT2D eigenvalue weighted by Gasteiger charge is -2.28. The molecule has 1 aromatic heterocycles. The summed E-state index contributed by atoms with van der Waals surface area (Å²) in [7, 11) is 2.20. The molecule has 0 spiro atoms. The van der Waals surface area contributed by atoms with Gasteiger partial charge in [0.2, 0.25) is 5.88 Å². The highest BCUT2D eigenvalue weighted by Gasteiger charge is 2.16. The number of nitrogens with one attached hydrogen (secondary N) is 1. The highest BCUT2D eigenvalue weighted by Crippen LogP contribution is 2.22. The molecule has 1 aliphatic rings. The molecule has 21 heavy (non-hydrogen) atoms. The van der Waals surface area contributed by atoms with Gasteiger partial charge in [-0.3, -0.25) is 0 Å². The van der Waals surface area contributed by atoms with E-state index < -0.39 is 0 Å². The minimum absolute atomic E-state index is 0.543. The van der Waals surface area contributed by atoms with Gasteiger partial charge in [0.1, 0.15) is 5.82 Å². The van der Waals surface area contributed by atoms with Crippen molar-refractivity contribution in [3.05, 3.63) is 12.1 Å². The standard InChI is InChI=1S/C16H28N4O/c1-3-12-21-16-14(17)4-5-15(19-16)18-9-6-13-7-10-20(2)11-8-13/h4-5,13H,3,6-12,17H2,1-2H3,(H,18,19). The Morgan fingerprint density at radius 1 is 1.38 bits per heavy atom. The van der Waals surface area contributed by atoms with E-state index in [9.17, 15) is 0 Å². The molecule has 0 atom stereocenters. The van der Waals surface area contributed by atoms with Crippen LogP contribution in [0, 0.1) is 5.92 Å². The number of nitrogens with two attached hydrogens (primary N) is 1. The minimum Gasteiger partial charge on any atom is -0.476 e. The Balaban J connectivity index is 1.77. The van der Waals surface area contributed by atoms with Gasteiger partial charge in [-0.2, -0.15) is 4.98 Å². The summed E-state index contributed by atoms with van der Waals surface area (Å²) < 4.78 is 5.55. The summed E-state index contributed by atoms with van der Waals surface area (Å²) in [5.41, 5.74) is 6.47. The summed E-state index contributed by atoms with van der Waals surface area (Å²) in [6.07, 6.45) is 4.76. The fourth-order valence-electron chi connectivity index (χ4n) is 2.62. The molecular weight excluding hydrogens is 264 g/mol. The maximum absolute atomic E-state index is 5.87. The number of nitrogens with zero attached hydrogens (tertiary/aromatic N) is 2. The lowest BCUT2D eigenvalue weighted by atomic mass is 9.94. The smallest absolute Gasteiger partial charge is 0.239 e. The zero-order chi connectivity index (χ0) is 15.1. The van der Waals surface area contributed by atoms with Gasteiger partial charge in [-0.25, -0.2) is 0 Å². The van der Waals surface area contributed by atoms with Crippen molar-refractivity contribution < 1.29 is 4.74 Å². The van der Waals surface area contributed by atoms with Gasteiger partial charge in [-0.15, -0.1) is 0 Å². The van der Waals surface area contributed by atoms with Crippen LogP contribution < -0.4 is 15.8 Å². The van der Waals surface area contributed by atoms with Gasteiger partial charge in [0.25, 0.3) is 0 Å². The Morgan fingerprint density at radius 2 is 2.14 bits per heavy atom. The predicted molar refractivity (Wildman–Crippen MR) is 87.8 cm³/mol. The molecule has 0 aromatic carbocycles. The number of ether oxygens (including phenoxy) is 1. The number of likely N-dealkylation sites (tertiary alicyclic amines) is 1. The molecule has 5 nitrogen and oxygen atoms in total. The van der Waals surface area contributed by atoms with E-state index in [4.69, 9.17) is 10.5 Å². The number of pyridine rings is 1. The van der Waals surface area contributed by atoms with Gasteiger partial charge in [0.05, 0.1) is 12.3 Å². The second kappa shape index (κ2) is 8.08. The molecule has 0 aliphatic carbocycles. The highest BCUT2D eigenvalue weighted by atomic mass is 16.5. The van der Waals surface area contributed by atoms with E-state index in [0.29, 0.717) is 18.2 Å². The van der Waals surface area contributed by atoms with Crippen LogP contribution in [0.1, 0.15) is 32.6 Å². The molecule has 1 saturated heterocycles. The summed E-state index contributed by atoms with van der Waals surface area (Å²) in [6.45, 7) is 6.12. The van der Waals surface area contributed by atoms with Crippen LogP contribution in [0.3, 0.4) is 0 Å². The Morgan fingerprint density at radius 3 is 2.86 bits per heavy atom. The molecule has 0 radical (unpaired) electrons. The van der Waals surface area contributed by atoms with Crippen molar-refractivity contribution in [2.45, 2.75) is 32.6 Å². The van der Waals surface area contributed by atoms with E-state index >= 15 is 0 Å². The topological polar surface area (TPSA) is 63.4 Å². The van der Waals surface area contributed by atoms with Gasteiger partial charge in [0, 0.05) is 6.54 Å². The Hall–Kier alpha value is -1.49. The van der Waals surface area contributed by atoms with Gasteiger partial charge >= 0.3 is 0 Å². The Kier molecular flexibility index (Phi) is 6.11. The number of rotatable bonds is 7. The second-order valence-electron chi connectivity index (χ2n) is 5.90. The third-order valence-electron chi connectivity index (χ3n) is 4.03. The number of aromatic nitrogens is 1. The van der Waals surface area contributed by atoms with Crippen molar-refractivity contribution in [1.82, 2.24) is 9.88 Å². The van der Waals surface area contributed by atoms with Crippen LogP contribution in [0.25, 0.3) is 0 Å². The maximum Gasteiger partial charge on any atom is 0.239 e. The van der Waals surface area contributed by atoms with Crippen LogP contribution in [0.2, 0.25) is 0 Å². The van der Waals surface area contributed by atoms with Crippen molar-refractivity contribution in [2.75, 3.05) is 44.3 Å². The zero-order valence-corrected chi connectivity index (χ0v) is 13.3. The average molecular weight is 292 g/mol. The molecule has 0 saturated carbocycles. The summed E-state index contributed by atoms with van der Waals surface area (Å²) >= 11 is 0. The average Bonchev–Trinajstić information content (AvgIpc) is 2.49. The number of anilines is 2. The SMILES string of the molecule is CCCOc1nc(NCCC2CCN(C)CC2)ccc1N. The van der Waals surface area contributed by atoms with E-state index in [1.165, 1.54) is 32.4 Å². The van der Waals surface area contributed by atoms with E-state index in [1.54, 1.807) is 0 Å². The molecule has 1 fully saturated rings. The quantitative estimate of drug-likeness (QED) is 0.809. The molecule has 0 unspecified atom stereocenters. The van der Waals surface area contributed by atoms with E-state index in [1.807, 2.05) is 12.1 Å². The van der Waals surface area contributed by atoms with Crippen molar-refractivity contribution in [2.24, 2.45) is 5.92 Å². The molecule has 2 heterocycles. The Bertz CT molecular complexity index is 430. The normalized spacial score (nSPS) is 16.9. The summed E-state index contributed by atoms with van der Waals surface area (Å²) in [5.74, 6) is 2.22. The van der Waals surface area contributed by atoms with Gasteiger partial charge in [-0.05, 0) is 63.9 Å². The highest BCUT2D eigenvalue weighted by molar-refractivity contribution is 5.53. The van der Waals surface area contributed by atoms with Crippen molar-refractivity contribution in [3.63, 3.8) is 0 Å². The van der Waals surface area contributed by atoms with E-state index in [0.717, 1.165) is 24.7 Å². The molecular formula is C16H28N4O. The Labute approximate surface area is 127 Å². The first-order valence-corrected chi connectivity index (χ1v) is 8.00. The van der Waals surface area contributed by atoms with Crippen molar-refractivity contribution >= 4 is 11.5 Å². The third-order valence-corrected chi connectivity index (χ3v) is 4.03. The first kappa shape index (κ1) is 15.9. The molecule has 0 bridgehead atoms. The number of nitrogen functional groups attached to an aromatic ring is 1. The first-order valence-electron chi connectivity index (χ1n) is 8.00. The van der Waals surface area contributed by atoms with Crippen molar-refractivity contribution in [1.29, 1.82) is 0 Å². The lowest BCUT2D eigenvalue weighted by Crippen LogP contribution is -2.30. The summed E-state index contributed by atoms with van der Waals surface area (Å²) in [6, 6.07) is 3.78. The van der Waals surface area contributed by atoms with Crippen LogP contribution in [0.5, 0.6) is 5.88 Å². The molecule has 3 N–H and O–H groups in total. The molecule has 118 valence electrons. The molecule has 5 heteroatoms. The number of hydrogen-bond acceptors (Lipinski definition) is 5. The third kappa shape index (κ3) is 5.08. The molecule has 0 amide bonds. The number of piperidine rings is 1. The predicted octanol–water partition coefficient (Wildman–Crippen LogP) is 2.60. The molecule has 2 rings (SSSR count). The van der Waals surface area contributed by atoms with E-state index in [2.05, 4.69) is 29.2 Å². The van der Waals surface area contributed by atoms with E-state index in [-0.39, 0.29) is 0 Å². The maximum atomic E-state index is 5.87. The van der Waals surface area contributed by atoms with Crippen LogP contribution in [0.15, 0.2) is 12.1 Å². The van der Waals surface area contributed by atoms with Crippen LogP contribution >= 0.6 is 0 Å². The lowest BCUT2D eigenvalue weighted by molar-refractivity contribution is 0.215. The number of hydrogen-bond donors (Lipinski definition) is 2. The fraction of sp³-hybridized carbons (Fsp3) is 0.688. The molecule has 1 aromatic rings. The fourth-order valence-corrected chi connectivity index (χ4v) is 2.62. The second-order valence-corrected chi connectivity index (χ2v) is 5.90.